The average molecular weight is 1580 g/mol. The SMILES string of the molecule is c1ccc(C2(c3ccccc3)c3ccccc3-c3c(N(c4cccc(-c5cccc6oc7c8cc(-c9ccc%10c(c9)oc9c(N(c%11cccc(-c%12cccc%13oc%14c%15ccccc%15ccc%14c%12%13)c%11)c%11cccc%12c%11-c%11ccccc%11C%12(c%11ccccc%11)c%11ccccc%11)cccc9%10)ccc8ccc7c56)c4)c4ccc5oc6ccccc6c5c4)cccc32)cc1. The number of benzene rings is 20. The Bertz CT molecular complexity index is 8450. The van der Waals surface area contributed by atoms with E-state index in [0.717, 1.165) is 182 Å². The van der Waals surface area contributed by atoms with Crippen LogP contribution in [0.25, 0.3) is 165 Å². The number of para-hydroxylation sites is 2. The molecule has 0 amide bonds. The molecular formula is C118H72N2O4. The van der Waals surface area contributed by atoms with Crippen LogP contribution in [0.5, 0.6) is 0 Å². The lowest BCUT2D eigenvalue weighted by Crippen LogP contribution is -2.28. The van der Waals surface area contributed by atoms with Crippen molar-refractivity contribution in [2.24, 2.45) is 0 Å². The van der Waals surface area contributed by atoms with E-state index >= 15 is 0 Å². The van der Waals surface area contributed by atoms with Crippen molar-refractivity contribution in [3.63, 3.8) is 0 Å². The standard InChI is InChI=1S/C118H72N2O4/c1-5-31-79(32-6-1)117(80-33-7-2-8-34-80)98-48-18-15-43-92(98)112-100(117)50-26-52-102(112)119(85-63-67-106-97(72-85)89-42-17-20-55-105(89)121-106)83-39-21-29-77(68-83)86-45-25-57-108-111(86)95-66-61-74-58-59-75(70-96(74)115(95)123-108)76-62-64-90-91-47-23-54-104(116(91)124-109(90)71-76)120(84-40-22-30-78(69-84)87-46-24-56-107-110(87)94-65-60-73-28-13-14-41-88(73)114(94)122-107)103-53-27-51-101-113(103)93-44-16-19-49-99(93)118(101,81-35-9-3-10-36-81)82-37-11-4-12-38-82/h1-72H. The van der Waals surface area contributed by atoms with E-state index in [0.29, 0.717) is 0 Å². The molecule has 578 valence electrons. The quantitative estimate of drug-likeness (QED) is 0.115. The highest BCUT2D eigenvalue weighted by Crippen LogP contribution is 2.63. The minimum absolute atomic E-state index is 0.604. The molecule has 0 aliphatic heterocycles. The largest absolute Gasteiger partial charge is 0.456 e. The van der Waals surface area contributed by atoms with Crippen LogP contribution in [0.3, 0.4) is 0 Å². The molecule has 4 aromatic heterocycles. The van der Waals surface area contributed by atoms with Gasteiger partial charge in [-0.3, -0.25) is 0 Å². The van der Waals surface area contributed by atoms with Crippen LogP contribution in [0.4, 0.5) is 34.1 Å². The van der Waals surface area contributed by atoms with Crippen molar-refractivity contribution in [3.8, 4) is 55.6 Å². The molecule has 2 aliphatic rings. The van der Waals surface area contributed by atoms with Crippen molar-refractivity contribution < 1.29 is 17.7 Å². The molecule has 0 fully saturated rings. The first-order valence-corrected chi connectivity index (χ1v) is 42.6. The summed E-state index contributed by atoms with van der Waals surface area (Å²) in [6.07, 6.45) is 0. The van der Waals surface area contributed by atoms with E-state index < -0.39 is 10.8 Å². The van der Waals surface area contributed by atoms with Gasteiger partial charge in [-0.05, 0) is 209 Å². The number of fused-ring (bicyclic) bond motifs is 22. The van der Waals surface area contributed by atoms with Crippen LogP contribution < -0.4 is 9.80 Å². The van der Waals surface area contributed by atoms with E-state index in [1.807, 2.05) is 6.07 Å². The summed E-state index contributed by atoms with van der Waals surface area (Å²) in [6, 6.07) is 160. The molecule has 20 aromatic carbocycles. The first-order valence-electron chi connectivity index (χ1n) is 42.6. The Labute approximate surface area is 713 Å². The predicted molar refractivity (Wildman–Crippen MR) is 511 cm³/mol. The third-order valence-corrected chi connectivity index (χ3v) is 26.8. The summed E-state index contributed by atoms with van der Waals surface area (Å²) in [7, 11) is 0. The van der Waals surface area contributed by atoms with Gasteiger partial charge in [-0.1, -0.05) is 328 Å². The lowest BCUT2D eigenvalue weighted by atomic mass is 9.68. The highest BCUT2D eigenvalue weighted by Gasteiger charge is 2.49. The third-order valence-electron chi connectivity index (χ3n) is 26.8. The summed E-state index contributed by atoms with van der Waals surface area (Å²) in [5, 5.41) is 12.8. The number of furan rings is 4. The lowest BCUT2D eigenvalue weighted by Gasteiger charge is -2.34. The molecule has 2 aliphatic carbocycles. The first kappa shape index (κ1) is 69.6. The van der Waals surface area contributed by atoms with Crippen molar-refractivity contribution in [1.29, 1.82) is 0 Å². The van der Waals surface area contributed by atoms with Crippen LogP contribution in [0.1, 0.15) is 44.5 Å². The highest BCUT2D eigenvalue weighted by atomic mass is 16.3. The Morgan fingerprint density at radius 1 is 0.185 bits per heavy atom. The van der Waals surface area contributed by atoms with Crippen LogP contribution >= 0.6 is 0 Å². The zero-order chi connectivity index (χ0) is 81.3. The van der Waals surface area contributed by atoms with Crippen LogP contribution in [-0.4, -0.2) is 0 Å². The van der Waals surface area contributed by atoms with Gasteiger partial charge in [0.25, 0.3) is 0 Å². The highest BCUT2D eigenvalue weighted by molar-refractivity contribution is 6.22. The van der Waals surface area contributed by atoms with Gasteiger partial charge < -0.3 is 27.5 Å². The Hall–Kier alpha value is -16.3. The van der Waals surface area contributed by atoms with E-state index in [4.69, 9.17) is 17.7 Å². The minimum atomic E-state index is -0.641. The van der Waals surface area contributed by atoms with Crippen LogP contribution in [0.2, 0.25) is 0 Å². The van der Waals surface area contributed by atoms with Crippen molar-refractivity contribution in [2.45, 2.75) is 10.8 Å². The summed E-state index contributed by atoms with van der Waals surface area (Å²) < 4.78 is 28.2. The monoisotopic (exact) mass is 1580 g/mol. The number of anilines is 6. The molecule has 124 heavy (non-hydrogen) atoms. The third kappa shape index (κ3) is 10.1. The molecule has 0 bridgehead atoms. The minimum Gasteiger partial charge on any atom is -0.456 e. The predicted octanol–water partition coefficient (Wildman–Crippen LogP) is 32.3. The lowest BCUT2D eigenvalue weighted by molar-refractivity contribution is 0.668. The summed E-state index contributed by atoms with van der Waals surface area (Å²) >= 11 is 0. The Morgan fingerprint density at radius 3 is 1.20 bits per heavy atom. The molecule has 0 atom stereocenters. The Kier molecular flexibility index (Phi) is 15.2. The van der Waals surface area contributed by atoms with Crippen LogP contribution in [0.15, 0.2) is 454 Å². The fourth-order valence-electron chi connectivity index (χ4n) is 21.6. The Balaban J connectivity index is 0.616. The van der Waals surface area contributed by atoms with Gasteiger partial charge in [0.2, 0.25) is 0 Å². The molecule has 0 spiro atoms. The second-order valence-electron chi connectivity index (χ2n) is 33.1. The van der Waals surface area contributed by atoms with Gasteiger partial charge in [0.1, 0.15) is 39.1 Å². The summed E-state index contributed by atoms with van der Waals surface area (Å²) in [4.78, 5) is 4.92. The zero-order valence-corrected chi connectivity index (χ0v) is 67.1. The summed E-state index contributed by atoms with van der Waals surface area (Å²) in [6.45, 7) is 0. The molecule has 24 aromatic rings. The first-order chi connectivity index (χ1) is 61.5. The molecule has 6 heteroatoms. The summed E-state index contributed by atoms with van der Waals surface area (Å²) in [5.41, 5.74) is 32.3. The average Bonchev–Trinajstić information content (AvgIpc) is 1.53. The van der Waals surface area contributed by atoms with E-state index in [-0.39, 0.29) is 0 Å². The van der Waals surface area contributed by atoms with Crippen molar-refractivity contribution in [2.75, 3.05) is 9.80 Å². The molecule has 4 heterocycles. The molecule has 0 N–H and O–H groups in total. The van der Waals surface area contributed by atoms with Crippen LogP contribution in [0, 0.1) is 0 Å². The maximum absolute atomic E-state index is 7.53. The number of rotatable bonds is 13. The van der Waals surface area contributed by atoms with Gasteiger partial charge in [-0.2, -0.15) is 0 Å². The fraction of sp³-hybridized carbons (Fsp3) is 0.0169. The molecule has 0 saturated heterocycles. The normalized spacial score (nSPS) is 13.1. The second kappa shape index (κ2) is 27.1. The number of hydrogen-bond donors (Lipinski definition) is 0. The van der Waals surface area contributed by atoms with Crippen LogP contribution in [-0.2, 0) is 10.8 Å². The number of hydrogen-bond acceptors (Lipinski definition) is 6. The van der Waals surface area contributed by atoms with Crippen molar-refractivity contribution in [1.82, 2.24) is 0 Å². The number of nitrogens with zero attached hydrogens (tertiary/aromatic N) is 2. The second-order valence-corrected chi connectivity index (χ2v) is 33.1. The molecule has 26 rings (SSSR count). The molecule has 0 unspecified atom stereocenters. The Morgan fingerprint density at radius 2 is 0.589 bits per heavy atom. The molecular weight excluding hydrogens is 1510 g/mol. The van der Waals surface area contributed by atoms with Crippen molar-refractivity contribution >= 4 is 143 Å². The fourth-order valence-corrected chi connectivity index (χ4v) is 21.6. The van der Waals surface area contributed by atoms with Gasteiger partial charge in [0, 0.05) is 82.1 Å². The zero-order valence-electron chi connectivity index (χ0n) is 67.1. The van der Waals surface area contributed by atoms with E-state index in [1.165, 1.54) is 61.2 Å². The topological polar surface area (TPSA) is 59.0 Å². The summed E-state index contributed by atoms with van der Waals surface area (Å²) in [5.74, 6) is 0. The van der Waals surface area contributed by atoms with Gasteiger partial charge >= 0.3 is 0 Å². The van der Waals surface area contributed by atoms with E-state index in [9.17, 15) is 0 Å². The van der Waals surface area contributed by atoms with E-state index in [1.54, 1.807) is 0 Å². The maximum Gasteiger partial charge on any atom is 0.159 e. The molecule has 6 nitrogen and oxygen atoms in total. The van der Waals surface area contributed by atoms with Gasteiger partial charge in [-0.15, -0.1) is 0 Å². The van der Waals surface area contributed by atoms with Gasteiger partial charge in [-0.25, -0.2) is 0 Å². The smallest absolute Gasteiger partial charge is 0.159 e. The molecule has 0 saturated carbocycles. The van der Waals surface area contributed by atoms with Crippen molar-refractivity contribution in [3.05, 3.63) is 481 Å². The maximum atomic E-state index is 7.53. The van der Waals surface area contributed by atoms with E-state index in [2.05, 4.69) is 441 Å². The van der Waals surface area contributed by atoms with Gasteiger partial charge in [0.15, 0.2) is 5.58 Å². The molecule has 0 radical (unpaired) electrons. The van der Waals surface area contributed by atoms with Gasteiger partial charge in [0.05, 0.1) is 27.9 Å².